The SMILES string of the molecule is c1cc2c3c(c1)CCCCCCc1cccc(c1N=C1C(=N3)c3cccc4cccc1c34)CCCCCC2. The Morgan fingerprint density at radius 2 is 0.763 bits per heavy atom. The van der Waals surface area contributed by atoms with E-state index in [-0.39, 0.29) is 0 Å². The summed E-state index contributed by atoms with van der Waals surface area (Å²) in [6.45, 7) is 0. The predicted octanol–water partition coefficient (Wildman–Crippen LogP) is 9.41. The molecule has 7 rings (SSSR count). The van der Waals surface area contributed by atoms with Gasteiger partial charge in [0.15, 0.2) is 0 Å². The number of hydrogen-bond donors (Lipinski definition) is 0. The van der Waals surface area contributed by atoms with Crippen LogP contribution in [0.2, 0.25) is 0 Å². The molecule has 4 aromatic carbocycles. The molecule has 38 heavy (non-hydrogen) atoms. The molecule has 3 aliphatic rings. The fourth-order valence-electron chi connectivity index (χ4n) is 6.79. The lowest BCUT2D eigenvalue weighted by Gasteiger charge is -2.17. The van der Waals surface area contributed by atoms with Crippen molar-refractivity contribution >= 4 is 33.6 Å². The number of nitrogens with zero attached hydrogens (tertiary/aromatic N) is 2. The zero-order valence-corrected chi connectivity index (χ0v) is 22.3. The van der Waals surface area contributed by atoms with E-state index in [1.54, 1.807) is 0 Å². The summed E-state index contributed by atoms with van der Waals surface area (Å²) in [5.74, 6) is 0. The monoisotopic (exact) mass is 496 g/mol. The second-order valence-electron chi connectivity index (χ2n) is 11.3. The quantitative estimate of drug-likeness (QED) is 0.232. The number of para-hydroxylation sites is 2. The van der Waals surface area contributed by atoms with E-state index in [0.717, 1.165) is 37.1 Å². The van der Waals surface area contributed by atoms with Crippen LogP contribution in [0.5, 0.6) is 0 Å². The van der Waals surface area contributed by atoms with Gasteiger partial charge in [0.1, 0.15) is 0 Å². The van der Waals surface area contributed by atoms with Crippen LogP contribution < -0.4 is 0 Å². The second-order valence-corrected chi connectivity index (χ2v) is 11.3. The molecule has 190 valence electrons. The number of hydrogen-bond acceptors (Lipinski definition) is 2. The first-order valence-corrected chi connectivity index (χ1v) is 14.8. The highest BCUT2D eigenvalue weighted by atomic mass is 14.8. The van der Waals surface area contributed by atoms with Gasteiger partial charge in [0.25, 0.3) is 0 Å². The standard InChI is InChI=1S/C36H36N2/c1-2-6-14-27-20-10-22-29-16-8-4-3-7-15-28-21-9-19-26(13-5-1)33(28)37-35-30-23-11-17-25-18-12-24-31(32(25)30)36(35)38-34(27)29/h9-12,17-24H,1-8,13-16H2. The van der Waals surface area contributed by atoms with Crippen molar-refractivity contribution in [2.24, 2.45) is 9.98 Å². The molecule has 2 nitrogen and oxygen atoms in total. The lowest BCUT2D eigenvalue weighted by molar-refractivity contribution is 0.633. The predicted molar refractivity (Wildman–Crippen MR) is 161 cm³/mol. The highest BCUT2D eigenvalue weighted by Gasteiger charge is 2.28. The highest BCUT2D eigenvalue weighted by molar-refractivity contribution is 6.61. The first-order valence-electron chi connectivity index (χ1n) is 14.8. The first-order chi connectivity index (χ1) is 18.9. The van der Waals surface area contributed by atoms with Gasteiger partial charge in [-0.25, -0.2) is 9.98 Å². The average molecular weight is 497 g/mol. The topological polar surface area (TPSA) is 24.7 Å². The molecule has 0 N–H and O–H groups in total. The fourth-order valence-corrected chi connectivity index (χ4v) is 6.79. The molecule has 0 saturated carbocycles. The summed E-state index contributed by atoms with van der Waals surface area (Å²) in [4.78, 5) is 11.2. The minimum absolute atomic E-state index is 1.06. The molecule has 0 unspecified atom stereocenters. The molecule has 2 bridgehead atoms. The van der Waals surface area contributed by atoms with E-state index < -0.39 is 0 Å². The van der Waals surface area contributed by atoms with E-state index in [4.69, 9.17) is 9.98 Å². The highest BCUT2D eigenvalue weighted by Crippen LogP contribution is 2.38. The van der Waals surface area contributed by atoms with Gasteiger partial charge in [-0.15, -0.1) is 0 Å². The van der Waals surface area contributed by atoms with Gasteiger partial charge in [0.05, 0.1) is 22.8 Å². The van der Waals surface area contributed by atoms with Crippen LogP contribution >= 0.6 is 0 Å². The Balaban J connectivity index is 1.56. The van der Waals surface area contributed by atoms with Crippen molar-refractivity contribution in [3.8, 4) is 0 Å². The molecule has 1 aliphatic carbocycles. The molecule has 0 aromatic heterocycles. The second kappa shape index (κ2) is 10.3. The maximum Gasteiger partial charge on any atom is 0.0979 e. The molecule has 0 radical (unpaired) electrons. The maximum atomic E-state index is 5.61. The minimum Gasteiger partial charge on any atom is -0.246 e. The van der Waals surface area contributed by atoms with Crippen LogP contribution in [0.3, 0.4) is 0 Å². The largest absolute Gasteiger partial charge is 0.246 e. The molecule has 2 aliphatic heterocycles. The molecular weight excluding hydrogens is 460 g/mol. The van der Waals surface area contributed by atoms with Gasteiger partial charge in [0, 0.05) is 16.5 Å². The van der Waals surface area contributed by atoms with Crippen molar-refractivity contribution in [3.63, 3.8) is 0 Å². The third-order valence-electron chi connectivity index (χ3n) is 8.78. The lowest BCUT2D eigenvalue weighted by Crippen LogP contribution is -2.12. The number of aryl methyl sites for hydroxylation is 4. The number of aliphatic imine (C=N–C) groups is 2. The van der Waals surface area contributed by atoms with Crippen molar-refractivity contribution in [3.05, 3.63) is 106 Å². The van der Waals surface area contributed by atoms with Crippen molar-refractivity contribution < 1.29 is 0 Å². The first kappa shape index (κ1) is 23.6. The van der Waals surface area contributed by atoms with Crippen LogP contribution in [-0.2, 0) is 25.7 Å². The molecular formula is C36H36N2. The molecule has 2 heteroatoms. The van der Waals surface area contributed by atoms with E-state index in [0.29, 0.717) is 0 Å². The Labute approximate surface area is 226 Å². The summed E-state index contributed by atoms with van der Waals surface area (Å²) in [7, 11) is 0. The van der Waals surface area contributed by atoms with Gasteiger partial charge < -0.3 is 0 Å². The Kier molecular flexibility index (Phi) is 6.41. The zero-order valence-electron chi connectivity index (χ0n) is 22.3. The van der Waals surface area contributed by atoms with Crippen molar-refractivity contribution in [2.45, 2.75) is 77.0 Å². The van der Waals surface area contributed by atoms with Crippen LogP contribution in [0.15, 0.2) is 82.8 Å². The van der Waals surface area contributed by atoms with E-state index in [1.165, 1.54) is 107 Å². The fraction of sp³-hybridized carbons (Fsp3) is 0.333. The van der Waals surface area contributed by atoms with Gasteiger partial charge in [-0.1, -0.05) is 98.5 Å². The number of benzene rings is 4. The van der Waals surface area contributed by atoms with Gasteiger partial charge in [-0.05, 0) is 79.0 Å². The summed E-state index contributed by atoms with van der Waals surface area (Å²) in [6.07, 6.45) is 14.4. The summed E-state index contributed by atoms with van der Waals surface area (Å²) in [5.41, 5.74) is 12.6. The maximum absolute atomic E-state index is 5.61. The van der Waals surface area contributed by atoms with Crippen LogP contribution in [0.25, 0.3) is 10.8 Å². The molecule has 0 amide bonds. The average Bonchev–Trinajstić information content (AvgIpc) is 3.23. The van der Waals surface area contributed by atoms with Gasteiger partial charge in [-0.3, -0.25) is 0 Å². The minimum atomic E-state index is 1.06. The number of rotatable bonds is 0. The summed E-state index contributed by atoms with van der Waals surface area (Å²) in [5, 5.41) is 2.58. The molecule has 2 heterocycles. The molecule has 0 fully saturated rings. The Morgan fingerprint density at radius 3 is 1.16 bits per heavy atom. The van der Waals surface area contributed by atoms with Crippen LogP contribution in [-0.4, -0.2) is 11.4 Å². The van der Waals surface area contributed by atoms with Crippen molar-refractivity contribution in [2.75, 3.05) is 0 Å². The van der Waals surface area contributed by atoms with E-state index in [2.05, 4.69) is 72.8 Å². The van der Waals surface area contributed by atoms with Crippen LogP contribution in [0.4, 0.5) is 11.4 Å². The zero-order chi connectivity index (χ0) is 25.3. The van der Waals surface area contributed by atoms with Crippen LogP contribution in [0, 0.1) is 0 Å². The molecule has 0 saturated heterocycles. The lowest BCUT2D eigenvalue weighted by atomic mass is 9.94. The van der Waals surface area contributed by atoms with E-state index in [9.17, 15) is 0 Å². The Morgan fingerprint density at radius 1 is 0.395 bits per heavy atom. The normalized spacial score (nSPS) is 17.6. The van der Waals surface area contributed by atoms with Crippen molar-refractivity contribution in [1.82, 2.24) is 0 Å². The molecule has 0 spiro atoms. The molecule has 0 atom stereocenters. The smallest absolute Gasteiger partial charge is 0.0979 e. The third kappa shape index (κ3) is 4.30. The summed E-state index contributed by atoms with van der Waals surface area (Å²) >= 11 is 0. The van der Waals surface area contributed by atoms with E-state index in [1.807, 2.05) is 0 Å². The summed E-state index contributed by atoms with van der Waals surface area (Å²) < 4.78 is 0. The molecule has 4 aromatic rings. The van der Waals surface area contributed by atoms with E-state index >= 15 is 0 Å². The summed E-state index contributed by atoms with van der Waals surface area (Å²) in [6, 6.07) is 27.2. The Hall–Kier alpha value is -3.52. The third-order valence-corrected chi connectivity index (χ3v) is 8.78. The van der Waals surface area contributed by atoms with Crippen LogP contribution in [0.1, 0.15) is 84.7 Å². The van der Waals surface area contributed by atoms with Crippen molar-refractivity contribution in [1.29, 1.82) is 0 Å². The van der Waals surface area contributed by atoms with Gasteiger partial charge in [0.2, 0.25) is 0 Å². The van der Waals surface area contributed by atoms with Gasteiger partial charge >= 0.3 is 0 Å². The Bertz CT molecular complexity index is 1410. The van der Waals surface area contributed by atoms with Gasteiger partial charge in [-0.2, -0.15) is 0 Å².